The van der Waals surface area contributed by atoms with Gasteiger partial charge in [0.1, 0.15) is 0 Å². The molecule has 0 aromatic heterocycles. The first kappa shape index (κ1) is 15.4. The minimum Gasteiger partial charge on any atom is -0.327 e. The van der Waals surface area contributed by atoms with E-state index in [0.717, 1.165) is 29.8 Å². The Morgan fingerprint density at radius 3 is 2.55 bits per heavy atom. The van der Waals surface area contributed by atoms with E-state index in [1.807, 2.05) is 12.1 Å². The zero-order valence-electron chi connectivity index (χ0n) is 11.6. The first-order valence-electron chi connectivity index (χ1n) is 6.80. The highest BCUT2D eigenvalue weighted by Crippen LogP contribution is 2.22. The van der Waals surface area contributed by atoms with E-state index in [-0.39, 0.29) is 6.04 Å². The lowest BCUT2D eigenvalue weighted by Gasteiger charge is -2.14. The van der Waals surface area contributed by atoms with Crippen molar-refractivity contribution in [1.29, 1.82) is 0 Å². The maximum atomic E-state index is 6.22. The Hall–Kier alpha value is -1.02. The Balaban J connectivity index is 1.94. The molecule has 2 aromatic rings. The summed E-state index contributed by atoms with van der Waals surface area (Å²) in [5.74, 6) is 0. The fraction of sp³-hybridized carbons (Fsp3) is 0.294. The molecule has 3 heteroatoms. The second-order valence-corrected chi connectivity index (χ2v) is 6.01. The fourth-order valence-electron chi connectivity index (χ4n) is 2.32. The van der Waals surface area contributed by atoms with Gasteiger partial charge in [0.2, 0.25) is 0 Å². The lowest BCUT2D eigenvalue weighted by atomic mass is 9.97. The summed E-state index contributed by atoms with van der Waals surface area (Å²) in [6, 6.07) is 14.0. The van der Waals surface area contributed by atoms with Crippen LogP contribution >= 0.6 is 23.2 Å². The minimum atomic E-state index is 0.0885. The van der Waals surface area contributed by atoms with Crippen molar-refractivity contribution in [1.82, 2.24) is 0 Å². The Labute approximate surface area is 130 Å². The van der Waals surface area contributed by atoms with E-state index in [1.165, 1.54) is 11.1 Å². The van der Waals surface area contributed by atoms with Crippen LogP contribution in [0, 0.1) is 6.92 Å². The standard InChI is InChI=1S/C17H19Cl2N/c1-12-4-2-3-5-13(12)6-8-16(20)11-14-10-15(18)7-9-17(14)19/h2-5,7,9-10,16H,6,8,11,20H2,1H3. The van der Waals surface area contributed by atoms with Crippen molar-refractivity contribution in [2.24, 2.45) is 5.73 Å². The zero-order chi connectivity index (χ0) is 14.5. The van der Waals surface area contributed by atoms with Crippen LogP contribution in [0.15, 0.2) is 42.5 Å². The van der Waals surface area contributed by atoms with E-state index >= 15 is 0 Å². The monoisotopic (exact) mass is 307 g/mol. The third-order valence-electron chi connectivity index (χ3n) is 3.54. The van der Waals surface area contributed by atoms with Gasteiger partial charge in [-0.05, 0) is 61.1 Å². The van der Waals surface area contributed by atoms with E-state index < -0.39 is 0 Å². The third kappa shape index (κ3) is 4.24. The molecule has 2 rings (SSSR count). The van der Waals surface area contributed by atoms with Gasteiger partial charge in [0.05, 0.1) is 0 Å². The van der Waals surface area contributed by atoms with Gasteiger partial charge in [-0.15, -0.1) is 0 Å². The van der Waals surface area contributed by atoms with Gasteiger partial charge in [-0.2, -0.15) is 0 Å². The van der Waals surface area contributed by atoms with Crippen molar-refractivity contribution >= 4 is 23.2 Å². The molecule has 0 heterocycles. The molecule has 0 amide bonds. The number of hydrogen-bond donors (Lipinski definition) is 1. The van der Waals surface area contributed by atoms with Crippen molar-refractivity contribution in [3.05, 3.63) is 69.2 Å². The Kier molecular flexibility index (Phi) is 5.47. The van der Waals surface area contributed by atoms with E-state index in [9.17, 15) is 0 Å². The van der Waals surface area contributed by atoms with Crippen LogP contribution in [0.2, 0.25) is 10.0 Å². The van der Waals surface area contributed by atoms with E-state index in [0.29, 0.717) is 5.02 Å². The molecule has 0 aliphatic carbocycles. The molecule has 2 aromatic carbocycles. The molecule has 0 saturated carbocycles. The van der Waals surface area contributed by atoms with Crippen molar-refractivity contribution in [2.45, 2.75) is 32.2 Å². The van der Waals surface area contributed by atoms with Crippen LogP contribution in [0.5, 0.6) is 0 Å². The normalized spacial score (nSPS) is 12.4. The number of halogens is 2. The summed E-state index contributed by atoms with van der Waals surface area (Å²) in [7, 11) is 0. The molecule has 1 atom stereocenters. The molecule has 0 radical (unpaired) electrons. The number of aryl methyl sites for hydroxylation is 2. The molecule has 0 fully saturated rings. The van der Waals surface area contributed by atoms with Gasteiger partial charge in [-0.3, -0.25) is 0 Å². The molecule has 0 aliphatic heterocycles. The van der Waals surface area contributed by atoms with E-state index in [4.69, 9.17) is 28.9 Å². The Morgan fingerprint density at radius 2 is 1.80 bits per heavy atom. The van der Waals surface area contributed by atoms with Crippen LogP contribution in [0.4, 0.5) is 0 Å². The number of hydrogen-bond acceptors (Lipinski definition) is 1. The maximum absolute atomic E-state index is 6.22. The number of nitrogens with two attached hydrogens (primary N) is 1. The summed E-state index contributed by atoms with van der Waals surface area (Å²) < 4.78 is 0. The highest BCUT2D eigenvalue weighted by molar-refractivity contribution is 6.33. The van der Waals surface area contributed by atoms with Crippen LogP contribution in [0.25, 0.3) is 0 Å². The van der Waals surface area contributed by atoms with Crippen molar-refractivity contribution in [3.8, 4) is 0 Å². The molecule has 0 spiro atoms. The maximum Gasteiger partial charge on any atom is 0.0439 e. The predicted octanol–water partition coefficient (Wildman–Crippen LogP) is 4.80. The Bertz CT molecular complexity index is 581. The molecule has 0 bridgehead atoms. The van der Waals surface area contributed by atoms with Crippen LogP contribution in [-0.4, -0.2) is 6.04 Å². The number of benzene rings is 2. The van der Waals surface area contributed by atoms with Crippen LogP contribution < -0.4 is 5.73 Å². The zero-order valence-corrected chi connectivity index (χ0v) is 13.1. The molecule has 0 aliphatic rings. The fourth-order valence-corrected chi connectivity index (χ4v) is 2.71. The van der Waals surface area contributed by atoms with Crippen LogP contribution in [0.3, 0.4) is 0 Å². The summed E-state index contributed by atoms with van der Waals surface area (Å²) in [6.45, 7) is 2.13. The summed E-state index contributed by atoms with van der Waals surface area (Å²) in [6.07, 6.45) is 2.69. The second-order valence-electron chi connectivity index (χ2n) is 5.17. The second kappa shape index (κ2) is 7.12. The first-order valence-corrected chi connectivity index (χ1v) is 7.56. The van der Waals surface area contributed by atoms with Crippen molar-refractivity contribution in [2.75, 3.05) is 0 Å². The summed E-state index contributed by atoms with van der Waals surface area (Å²) >= 11 is 12.2. The van der Waals surface area contributed by atoms with Crippen molar-refractivity contribution in [3.63, 3.8) is 0 Å². The molecule has 1 unspecified atom stereocenters. The lowest BCUT2D eigenvalue weighted by Crippen LogP contribution is -2.23. The molecule has 20 heavy (non-hydrogen) atoms. The Morgan fingerprint density at radius 1 is 1.05 bits per heavy atom. The summed E-state index contributed by atoms with van der Waals surface area (Å²) in [5, 5.41) is 1.44. The SMILES string of the molecule is Cc1ccccc1CCC(N)Cc1cc(Cl)ccc1Cl. The predicted molar refractivity (Wildman–Crippen MR) is 87.6 cm³/mol. The van der Waals surface area contributed by atoms with E-state index in [2.05, 4.69) is 31.2 Å². The van der Waals surface area contributed by atoms with E-state index in [1.54, 1.807) is 6.07 Å². The average molecular weight is 308 g/mol. The average Bonchev–Trinajstić information content (AvgIpc) is 2.42. The summed E-state index contributed by atoms with van der Waals surface area (Å²) in [4.78, 5) is 0. The van der Waals surface area contributed by atoms with Gasteiger partial charge in [0, 0.05) is 16.1 Å². The summed E-state index contributed by atoms with van der Waals surface area (Å²) in [5.41, 5.74) is 9.93. The molecule has 1 nitrogen and oxygen atoms in total. The van der Waals surface area contributed by atoms with Gasteiger partial charge in [-0.1, -0.05) is 47.5 Å². The minimum absolute atomic E-state index is 0.0885. The molecule has 0 saturated heterocycles. The lowest BCUT2D eigenvalue weighted by molar-refractivity contribution is 0.609. The van der Waals surface area contributed by atoms with Gasteiger partial charge in [0.15, 0.2) is 0 Å². The van der Waals surface area contributed by atoms with Gasteiger partial charge in [0.25, 0.3) is 0 Å². The molecule has 106 valence electrons. The highest BCUT2D eigenvalue weighted by Gasteiger charge is 2.09. The third-order valence-corrected chi connectivity index (χ3v) is 4.14. The van der Waals surface area contributed by atoms with Gasteiger partial charge < -0.3 is 5.73 Å². The van der Waals surface area contributed by atoms with Crippen LogP contribution in [-0.2, 0) is 12.8 Å². The molecule has 2 N–H and O–H groups in total. The molecular weight excluding hydrogens is 289 g/mol. The van der Waals surface area contributed by atoms with Crippen LogP contribution in [0.1, 0.15) is 23.1 Å². The number of rotatable bonds is 5. The smallest absolute Gasteiger partial charge is 0.0439 e. The molecular formula is C17H19Cl2N. The topological polar surface area (TPSA) is 26.0 Å². The van der Waals surface area contributed by atoms with Gasteiger partial charge in [-0.25, -0.2) is 0 Å². The highest BCUT2D eigenvalue weighted by atomic mass is 35.5. The van der Waals surface area contributed by atoms with Crippen molar-refractivity contribution < 1.29 is 0 Å². The van der Waals surface area contributed by atoms with Gasteiger partial charge >= 0.3 is 0 Å². The first-order chi connectivity index (χ1) is 9.56. The largest absolute Gasteiger partial charge is 0.327 e. The quantitative estimate of drug-likeness (QED) is 0.843.